The van der Waals surface area contributed by atoms with Crippen LogP contribution in [0.15, 0.2) is 18.2 Å². The molecular weight excluding hydrogens is 230 g/mol. The molecule has 1 aromatic rings. The lowest BCUT2D eigenvalue weighted by Gasteiger charge is -2.13. The summed E-state index contributed by atoms with van der Waals surface area (Å²) in [7, 11) is 1.91. The van der Waals surface area contributed by atoms with Crippen molar-refractivity contribution in [3.8, 4) is 11.5 Å². The van der Waals surface area contributed by atoms with Crippen molar-refractivity contribution in [1.82, 2.24) is 5.32 Å². The third-order valence-electron chi connectivity index (χ3n) is 2.38. The molecule has 0 atom stereocenters. The topological polar surface area (TPSA) is 39.7 Å². The molecular formula is C14H23NO3. The molecule has 0 aliphatic heterocycles. The van der Waals surface area contributed by atoms with Crippen LogP contribution in [0.2, 0.25) is 0 Å². The molecule has 4 nitrogen and oxygen atoms in total. The second-order valence-electron chi connectivity index (χ2n) is 3.90. The van der Waals surface area contributed by atoms with E-state index in [-0.39, 0.29) is 6.79 Å². The Kier molecular flexibility index (Phi) is 7.22. The zero-order valence-corrected chi connectivity index (χ0v) is 11.5. The van der Waals surface area contributed by atoms with Crippen molar-refractivity contribution < 1.29 is 14.2 Å². The van der Waals surface area contributed by atoms with Gasteiger partial charge in [-0.15, -0.1) is 0 Å². The molecule has 102 valence electrons. The summed E-state index contributed by atoms with van der Waals surface area (Å²) in [6.45, 7) is 6.42. The van der Waals surface area contributed by atoms with E-state index in [2.05, 4.69) is 12.2 Å². The van der Waals surface area contributed by atoms with E-state index in [0.717, 1.165) is 36.6 Å². The fourth-order valence-electron chi connectivity index (χ4n) is 1.50. The van der Waals surface area contributed by atoms with E-state index in [1.54, 1.807) is 0 Å². The fourth-order valence-corrected chi connectivity index (χ4v) is 1.50. The van der Waals surface area contributed by atoms with E-state index < -0.39 is 0 Å². The Balaban J connectivity index is 2.71. The molecule has 1 aromatic carbocycles. The number of rotatable bonds is 9. The van der Waals surface area contributed by atoms with Crippen molar-refractivity contribution >= 4 is 0 Å². The van der Waals surface area contributed by atoms with Crippen LogP contribution in [0.3, 0.4) is 0 Å². The SMILES string of the molecule is CCCOc1ccc(CNC)c(OCOCC)c1. The third kappa shape index (κ3) is 4.94. The van der Waals surface area contributed by atoms with Crippen molar-refractivity contribution in [2.45, 2.75) is 26.8 Å². The van der Waals surface area contributed by atoms with Crippen LogP contribution in [0.1, 0.15) is 25.8 Å². The quantitative estimate of drug-likeness (QED) is 0.542. The highest BCUT2D eigenvalue weighted by atomic mass is 16.7. The molecule has 0 aliphatic rings. The van der Waals surface area contributed by atoms with Crippen molar-refractivity contribution in [1.29, 1.82) is 0 Å². The van der Waals surface area contributed by atoms with Crippen molar-refractivity contribution in [3.63, 3.8) is 0 Å². The third-order valence-corrected chi connectivity index (χ3v) is 2.38. The maximum Gasteiger partial charge on any atom is 0.189 e. The number of hydrogen-bond donors (Lipinski definition) is 1. The Morgan fingerprint density at radius 3 is 2.67 bits per heavy atom. The highest BCUT2D eigenvalue weighted by Gasteiger charge is 2.05. The zero-order chi connectivity index (χ0) is 13.2. The van der Waals surface area contributed by atoms with Gasteiger partial charge in [-0.2, -0.15) is 0 Å². The molecule has 0 saturated heterocycles. The first-order chi connectivity index (χ1) is 8.81. The predicted octanol–water partition coefficient (Wildman–Crippen LogP) is 2.57. The highest BCUT2D eigenvalue weighted by molar-refractivity contribution is 5.40. The van der Waals surface area contributed by atoms with E-state index in [9.17, 15) is 0 Å². The first-order valence-electron chi connectivity index (χ1n) is 6.42. The van der Waals surface area contributed by atoms with E-state index >= 15 is 0 Å². The lowest BCUT2D eigenvalue weighted by Crippen LogP contribution is -2.09. The van der Waals surface area contributed by atoms with Gasteiger partial charge in [0.15, 0.2) is 6.79 Å². The smallest absolute Gasteiger partial charge is 0.189 e. The molecule has 1 rings (SSSR count). The Labute approximate surface area is 109 Å². The first-order valence-corrected chi connectivity index (χ1v) is 6.42. The van der Waals surface area contributed by atoms with Gasteiger partial charge >= 0.3 is 0 Å². The van der Waals surface area contributed by atoms with Crippen LogP contribution in [0.25, 0.3) is 0 Å². The molecule has 0 amide bonds. The minimum Gasteiger partial charge on any atom is -0.493 e. The van der Waals surface area contributed by atoms with E-state index in [1.807, 2.05) is 32.2 Å². The van der Waals surface area contributed by atoms with Gasteiger partial charge in [0.25, 0.3) is 0 Å². The van der Waals surface area contributed by atoms with E-state index in [0.29, 0.717) is 6.61 Å². The molecule has 0 fully saturated rings. The normalized spacial score (nSPS) is 10.4. The summed E-state index contributed by atoms with van der Waals surface area (Å²) < 4.78 is 16.4. The van der Waals surface area contributed by atoms with Gasteiger partial charge in [0.1, 0.15) is 11.5 Å². The van der Waals surface area contributed by atoms with E-state index in [1.165, 1.54) is 0 Å². The van der Waals surface area contributed by atoms with E-state index in [4.69, 9.17) is 14.2 Å². The number of ether oxygens (including phenoxy) is 3. The molecule has 0 aliphatic carbocycles. The second kappa shape index (κ2) is 8.78. The lowest BCUT2D eigenvalue weighted by atomic mass is 10.2. The van der Waals surface area contributed by atoms with Gasteiger partial charge in [-0.1, -0.05) is 13.0 Å². The van der Waals surface area contributed by atoms with Gasteiger partial charge < -0.3 is 19.5 Å². The second-order valence-corrected chi connectivity index (χ2v) is 3.90. The summed E-state index contributed by atoms with van der Waals surface area (Å²) in [6.07, 6.45) is 0.993. The van der Waals surface area contributed by atoms with Crippen LogP contribution in [-0.2, 0) is 11.3 Å². The highest BCUT2D eigenvalue weighted by Crippen LogP contribution is 2.25. The maximum absolute atomic E-state index is 5.61. The minimum atomic E-state index is 0.268. The van der Waals surface area contributed by atoms with Gasteiger partial charge in [-0.3, -0.25) is 0 Å². The molecule has 0 spiro atoms. The van der Waals surface area contributed by atoms with Crippen molar-refractivity contribution in [2.75, 3.05) is 27.1 Å². The van der Waals surface area contributed by atoms with Gasteiger partial charge in [0.2, 0.25) is 0 Å². The maximum atomic E-state index is 5.61. The molecule has 18 heavy (non-hydrogen) atoms. The summed E-state index contributed by atoms with van der Waals surface area (Å²) in [6, 6.07) is 5.90. The molecule has 4 heteroatoms. The molecule has 0 radical (unpaired) electrons. The van der Waals surface area contributed by atoms with Crippen LogP contribution >= 0.6 is 0 Å². The van der Waals surface area contributed by atoms with Gasteiger partial charge in [0, 0.05) is 24.8 Å². The molecule has 1 N–H and O–H groups in total. The molecule has 0 aromatic heterocycles. The van der Waals surface area contributed by atoms with Crippen LogP contribution < -0.4 is 14.8 Å². The molecule has 0 bridgehead atoms. The zero-order valence-electron chi connectivity index (χ0n) is 11.5. The van der Waals surface area contributed by atoms with Crippen LogP contribution in [0, 0.1) is 0 Å². The summed E-state index contributed by atoms with van der Waals surface area (Å²) in [5.74, 6) is 1.65. The van der Waals surface area contributed by atoms with Crippen LogP contribution in [-0.4, -0.2) is 27.1 Å². The summed E-state index contributed by atoms with van der Waals surface area (Å²) in [4.78, 5) is 0. The Hall–Kier alpha value is -1.26. The van der Waals surface area contributed by atoms with Gasteiger partial charge in [0.05, 0.1) is 6.61 Å². The number of nitrogens with one attached hydrogen (secondary N) is 1. The number of benzene rings is 1. The Morgan fingerprint density at radius 1 is 1.17 bits per heavy atom. The molecule has 0 saturated carbocycles. The summed E-state index contributed by atoms with van der Waals surface area (Å²) >= 11 is 0. The summed E-state index contributed by atoms with van der Waals surface area (Å²) in [5.41, 5.74) is 1.10. The Bertz CT molecular complexity index is 342. The molecule has 0 unspecified atom stereocenters. The van der Waals surface area contributed by atoms with Crippen molar-refractivity contribution in [2.24, 2.45) is 0 Å². The van der Waals surface area contributed by atoms with Crippen LogP contribution in [0.4, 0.5) is 0 Å². The summed E-state index contributed by atoms with van der Waals surface area (Å²) in [5, 5.41) is 3.12. The average Bonchev–Trinajstić information content (AvgIpc) is 2.39. The molecule has 0 heterocycles. The number of hydrogen-bond acceptors (Lipinski definition) is 4. The van der Waals surface area contributed by atoms with Gasteiger partial charge in [-0.25, -0.2) is 0 Å². The largest absolute Gasteiger partial charge is 0.493 e. The standard InChI is InChI=1S/C14H23NO3/c1-4-8-17-13-7-6-12(10-15-3)14(9-13)18-11-16-5-2/h6-7,9,15H,4-5,8,10-11H2,1-3H3. The average molecular weight is 253 g/mol. The van der Waals surface area contributed by atoms with Crippen molar-refractivity contribution in [3.05, 3.63) is 23.8 Å². The lowest BCUT2D eigenvalue weighted by molar-refractivity contribution is 0.0216. The van der Waals surface area contributed by atoms with Crippen LogP contribution in [0.5, 0.6) is 11.5 Å². The first kappa shape index (κ1) is 14.8. The Morgan fingerprint density at radius 2 is 2.00 bits per heavy atom. The monoisotopic (exact) mass is 253 g/mol. The van der Waals surface area contributed by atoms with Gasteiger partial charge in [-0.05, 0) is 26.5 Å². The minimum absolute atomic E-state index is 0.268. The fraction of sp³-hybridized carbons (Fsp3) is 0.571. The predicted molar refractivity (Wildman–Crippen MR) is 72.1 cm³/mol.